The largest absolute Gasteiger partial charge is 0.507 e. The molecule has 2 unspecified atom stereocenters. The Morgan fingerprint density at radius 3 is 2.37 bits per heavy atom. The number of hydrogen-bond acceptors (Lipinski definition) is 15. The number of phenols is 1. The van der Waals surface area contributed by atoms with Crippen molar-refractivity contribution in [2.45, 2.75) is 76.4 Å². The number of fused-ring (bicyclic) bond motifs is 2. The molecule has 4 N–H and O–H groups in total. The molecule has 1 saturated carbocycles. The first-order chi connectivity index (χ1) is 39.8. The van der Waals surface area contributed by atoms with Crippen molar-refractivity contribution >= 4 is 80.0 Å². The molecule has 3 atom stereocenters. The lowest BCUT2D eigenvalue weighted by atomic mass is 9.83. The number of likely N-dealkylation sites (tertiary alicyclic amines) is 1. The van der Waals surface area contributed by atoms with Gasteiger partial charge in [0.25, 0.3) is 0 Å². The molecule has 0 radical (unpaired) electrons. The third-order valence-electron chi connectivity index (χ3n) is 15.7. The monoisotopic (exact) mass is 1160 g/mol. The second kappa shape index (κ2) is 27.8. The fraction of sp³-hybridized carbons (Fsp3) is 0.450. The molecule has 82 heavy (non-hydrogen) atoms. The minimum atomic E-state index is -0.962. The highest BCUT2D eigenvalue weighted by molar-refractivity contribution is 7.10. The molecule has 1 aliphatic carbocycles. The molecule has 2 aliphatic heterocycles. The Kier molecular flexibility index (Phi) is 20.2. The molecule has 18 nitrogen and oxygen atoms in total. The first-order valence-corrected chi connectivity index (χ1v) is 29.4. The van der Waals surface area contributed by atoms with E-state index in [2.05, 4.69) is 39.0 Å². The van der Waals surface area contributed by atoms with Gasteiger partial charge >= 0.3 is 0 Å². The van der Waals surface area contributed by atoms with Gasteiger partial charge in [0.15, 0.2) is 5.82 Å². The van der Waals surface area contributed by atoms with E-state index in [1.165, 1.54) is 24.3 Å². The number of likely N-dealkylation sites (N-methyl/N-ethyl adjacent to an activating group) is 2. The van der Waals surface area contributed by atoms with Crippen LogP contribution in [0.2, 0.25) is 5.02 Å². The zero-order valence-corrected chi connectivity index (χ0v) is 48.1. The number of hydrogen-bond donors (Lipinski definition) is 4. The Bertz CT molecular complexity index is 3250. The van der Waals surface area contributed by atoms with Gasteiger partial charge < -0.3 is 54.9 Å². The van der Waals surface area contributed by atoms with Crippen LogP contribution in [0.3, 0.4) is 0 Å². The number of carbonyl (C=O) groups is 4. The normalized spacial score (nSPS) is 16.6. The van der Waals surface area contributed by atoms with E-state index in [4.69, 9.17) is 35.8 Å². The predicted molar refractivity (Wildman–Crippen MR) is 314 cm³/mol. The zero-order valence-electron chi connectivity index (χ0n) is 46.6. The number of halogens is 3. The van der Waals surface area contributed by atoms with Gasteiger partial charge in [-0.15, -0.1) is 11.3 Å². The van der Waals surface area contributed by atoms with E-state index in [1.54, 1.807) is 35.2 Å². The van der Waals surface area contributed by atoms with E-state index in [0.29, 0.717) is 77.3 Å². The van der Waals surface area contributed by atoms with Crippen LogP contribution in [0.25, 0.3) is 44.1 Å². The average Bonchev–Trinajstić information content (AvgIpc) is 4.01. The molecular formula is C60H71ClF2N10O8S. The van der Waals surface area contributed by atoms with Gasteiger partial charge in [-0.1, -0.05) is 67.8 Å². The van der Waals surface area contributed by atoms with Crippen molar-refractivity contribution in [1.29, 1.82) is 0 Å². The minimum absolute atomic E-state index is 0.0103. The summed E-state index contributed by atoms with van der Waals surface area (Å²) in [5.41, 5.74) is 0.863. The van der Waals surface area contributed by atoms with Crippen LogP contribution in [0.5, 0.6) is 11.5 Å². The summed E-state index contributed by atoms with van der Waals surface area (Å²) in [4.78, 5) is 74.3. The summed E-state index contributed by atoms with van der Waals surface area (Å²) in [6.07, 6.45) is 8.12. The Balaban J connectivity index is 0.731. The second-order valence-electron chi connectivity index (χ2n) is 20.8. The number of ether oxygens (including phenoxy) is 3. The SMILES string of the molecule is C=CC(=O)N1CCN(c2nc(NCCC(=O)N(C)CCOCCOCCOc3ccc(-c4csc([C@@H]5CCCN5C(=O)C(NC(=O)C(C)NC)C5CCCCC5)n4)c4ccccc34)nc3c(F)c(-c4c(O)cccc4F)c(Cl)cc23)CC1. The van der Waals surface area contributed by atoms with E-state index in [9.17, 15) is 24.3 Å². The van der Waals surface area contributed by atoms with Crippen LogP contribution >= 0.6 is 22.9 Å². The topological polar surface area (TPSA) is 204 Å². The number of aromatic nitrogens is 3. The van der Waals surface area contributed by atoms with Gasteiger partial charge in [-0.05, 0) is 87.4 Å². The number of phenolic OH excluding ortho intramolecular Hbond substituents is 1. The first kappa shape index (κ1) is 59.6. The number of nitrogens with one attached hydrogen (secondary N) is 3. The third-order valence-corrected chi connectivity index (χ3v) is 16.9. The maximum Gasteiger partial charge on any atom is 0.246 e. The number of anilines is 2. The van der Waals surface area contributed by atoms with Crippen molar-refractivity contribution in [3.8, 4) is 33.9 Å². The van der Waals surface area contributed by atoms with Crippen molar-refractivity contribution in [3.05, 3.63) is 100 Å². The number of rotatable bonds is 24. The number of nitrogens with zero attached hydrogens (tertiary/aromatic N) is 7. The predicted octanol–water partition coefficient (Wildman–Crippen LogP) is 8.75. The molecular weight excluding hydrogens is 1090 g/mol. The smallest absolute Gasteiger partial charge is 0.246 e. The maximum atomic E-state index is 16.6. The minimum Gasteiger partial charge on any atom is -0.507 e. The number of benzene rings is 4. The Morgan fingerprint density at radius 2 is 1.62 bits per heavy atom. The van der Waals surface area contributed by atoms with E-state index in [1.807, 2.05) is 47.1 Å². The van der Waals surface area contributed by atoms with E-state index < -0.39 is 35.0 Å². The average molecular weight is 1170 g/mol. The molecule has 436 valence electrons. The van der Waals surface area contributed by atoms with Gasteiger partial charge in [-0.25, -0.2) is 18.7 Å². The first-order valence-electron chi connectivity index (χ1n) is 28.1. The van der Waals surface area contributed by atoms with Crippen LogP contribution in [0.4, 0.5) is 20.5 Å². The lowest BCUT2D eigenvalue weighted by molar-refractivity contribution is -0.139. The lowest BCUT2D eigenvalue weighted by Gasteiger charge is -2.35. The summed E-state index contributed by atoms with van der Waals surface area (Å²) in [6.45, 7) is 9.37. The molecule has 2 aromatic heterocycles. The number of aromatic hydroxyl groups is 1. The highest BCUT2D eigenvalue weighted by Crippen LogP contribution is 2.44. The van der Waals surface area contributed by atoms with Crippen LogP contribution in [0.15, 0.2) is 78.7 Å². The number of thiazole rings is 1. The number of piperazine rings is 1. The van der Waals surface area contributed by atoms with Crippen molar-refractivity contribution < 1.29 is 47.3 Å². The summed E-state index contributed by atoms with van der Waals surface area (Å²) in [7, 11) is 3.42. The third kappa shape index (κ3) is 13.7. The van der Waals surface area contributed by atoms with Gasteiger partial charge in [0.05, 0.1) is 54.8 Å². The molecule has 4 amide bonds. The Labute approximate surface area is 485 Å². The van der Waals surface area contributed by atoms with Gasteiger partial charge in [-0.3, -0.25) is 19.2 Å². The zero-order chi connectivity index (χ0) is 57.9. The molecule has 3 aliphatic rings. The van der Waals surface area contributed by atoms with Crippen molar-refractivity contribution in [2.24, 2.45) is 5.92 Å². The molecule has 2 saturated heterocycles. The molecule has 3 fully saturated rings. The van der Waals surface area contributed by atoms with Gasteiger partial charge in [0.1, 0.15) is 46.3 Å². The molecule has 6 aromatic rings. The van der Waals surface area contributed by atoms with Gasteiger partial charge in [0, 0.05) is 86.6 Å². The van der Waals surface area contributed by atoms with E-state index >= 15 is 8.78 Å². The molecule has 9 rings (SSSR count). The summed E-state index contributed by atoms with van der Waals surface area (Å²) in [5, 5.41) is 24.7. The van der Waals surface area contributed by atoms with Crippen LogP contribution in [0.1, 0.15) is 69.3 Å². The van der Waals surface area contributed by atoms with Gasteiger partial charge in [0.2, 0.25) is 29.6 Å². The standard InChI is InChI=1S/C60H71ClF2N10O8S/c1-5-49(75)71-25-27-72(28-26-71)56-42-35-43(61)51(52-44(62)17-11-19-47(52)74)53(63)55(42)68-60(69-56)65-23-22-50(76)70(4)29-30-79-31-32-80-33-34-81-48-21-20-40(39-15-9-10-16-41(39)48)45-36-82-58(66-45)46-18-12-24-73(46)59(78)54(38-13-7-6-8-14-38)67-57(77)37(2)64-3/h5,9-11,15-17,19-21,35-38,46,54,64,74H,1,6-8,12-14,18,22-34H2,2-4H3,(H,67,77)(H,65,68,69)/t37?,46-,54?/m0/s1. The van der Waals surface area contributed by atoms with Crippen molar-refractivity contribution in [1.82, 2.24) is 40.3 Å². The van der Waals surface area contributed by atoms with E-state index in [-0.39, 0.29) is 82.6 Å². The van der Waals surface area contributed by atoms with Crippen LogP contribution in [-0.4, -0.2) is 163 Å². The fourth-order valence-corrected chi connectivity index (χ4v) is 12.2. The Morgan fingerprint density at radius 1 is 0.878 bits per heavy atom. The van der Waals surface area contributed by atoms with Crippen LogP contribution in [-0.2, 0) is 28.7 Å². The summed E-state index contributed by atoms with van der Waals surface area (Å²) in [6, 6.07) is 16.0. The number of carbonyl (C=O) groups excluding carboxylic acids is 4. The lowest BCUT2D eigenvalue weighted by Crippen LogP contribution is -2.55. The maximum absolute atomic E-state index is 16.6. The van der Waals surface area contributed by atoms with Crippen molar-refractivity contribution in [3.63, 3.8) is 0 Å². The van der Waals surface area contributed by atoms with Gasteiger partial charge in [-0.2, -0.15) is 4.98 Å². The molecule has 4 heterocycles. The summed E-state index contributed by atoms with van der Waals surface area (Å²) in [5.74, 6) is -1.73. The highest BCUT2D eigenvalue weighted by atomic mass is 35.5. The molecule has 0 spiro atoms. The van der Waals surface area contributed by atoms with Crippen LogP contribution < -0.4 is 25.6 Å². The molecule has 22 heteroatoms. The van der Waals surface area contributed by atoms with E-state index in [0.717, 1.165) is 78.0 Å². The second-order valence-corrected chi connectivity index (χ2v) is 22.1. The number of amides is 4. The summed E-state index contributed by atoms with van der Waals surface area (Å²) >= 11 is 8.17. The fourth-order valence-electron chi connectivity index (χ4n) is 11.0. The molecule has 4 aromatic carbocycles. The molecule has 0 bridgehead atoms. The highest BCUT2D eigenvalue weighted by Gasteiger charge is 2.40. The summed E-state index contributed by atoms with van der Waals surface area (Å²) < 4.78 is 49.5. The van der Waals surface area contributed by atoms with Crippen LogP contribution in [0, 0.1) is 17.6 Å². The quantitative estimate of drug-likeness (QED) is 0.0331. The Hall–Kier alpha value is -7.04. The van der Waals surface area contributed by atoms with Crippen molar-refractivity contribution in [2.75, 3.05) is 103 Å².